The quantitative estimate of drug-likeness (QED) is 0.647. The summed E-state index contributed by atoms with van der Waals surface area (Å²) in [4.78, 5) is 26.4. The number of hydrogen-bond acceptors (Lipinski definition) is 3. The normalized spacial score (nSPS) is 10.2. The molecule has 26 heavy (non-hydrogen) atoms. The fourth-order valence-electron chi connectivity index (χ4n) is 2.68. The lowest BCUT2D eigenvalue weighted by Gasteiger charge is -2.23. The van der Waals surface area contributed by atoms with Crippen LogP contribution in [0.15, 0.2) is 84.9 Å². The van der Waals surface area contributed by atoms with Gasteiger partial charge < -0.3 is 9.64 Å². The van der Waals surface area contributed by atoms with E-state index in [0.717, 1.165) is 11.3 Å². The maximum Gasteiger partial charge on any atom is 0.337 e. The third kappa shape index (κ3) is 3.98. The molecule has 0 bridgehead atoms. The van der Waals surface area contributed by atoms with E-state index in [1.807, 2.05) is 60.7 Å². The van der Waals surface area contributed by atoms with Crippen LogP contribution in [0.3, 0.4) is 0 Å². The van der Waals surface area contributed by atoms with Crippen molar-refractivity contribution in [2.24, 2.45) is 0 Å². The molecule has 0 aliphatic heterocycles. The number of hydrogen-bond donors (Lipinski definition) is 0. The molecule has 3 aromatic rings. The average Bonchev–Trinajstić information content (AvgIpc) is 2.72. The van der Waals surface area contributed by atoms with Gasteiger partial charge in [-0.25, -0.2) is 4.79 Å². The molecule has 4 nitrogen and oxygen atoms in total. The highest BCUT2D eigenvalue weighted by molar-refractivity contribution is 6.06. The van der Waals surface area contributed by atoms with Crippen LogP contribution in [0.1, 0.15) is 26.3 Å². The summed E-state index contributed by atoms with van der Waals surface area (Å²) >= 11 is 0. The van der Waals surface area contributed by atoms with Gasteiger partial charge in [-0.3, -0.25) is 4.79 Å². The first-order valence-electron chi connectivity index (χ1n) is 8.28. The van der Waals surface area contributed by atoms with Crippen molar-refractivity contribution in [1.82, 2.24) is 0 Å². The van der Waals surface area contributed by atoms with Crippen molar-refractivity contribution in [3.8, 4) is 0 Å². The van der Waals surface area contributed by atoms with Gasteiger partial charge in [-0.05, 0) is 42.0 Å². The molecule has 0 aromatic heterocycles. The summed E-state index contributed by atoms with van der Waals surface area (Å²) in [5, 5.41) is 0. The molecule has 0 aliphatic rings. The minimum Gasteiger partial charge on any atom is -0.465 e. The second kappa shape index (κ2) is 8.12. The molecule has 3 aromatic carbocycles. The minimum atomic E-state index is -0.423. The summed E-state index contributed by atoms with van der Waals surface area (Å²) in [6, 6.07) is 25.9. The van der Waals surface area contributed by atoms with Gasteiger partial charge in [-0.15, -0.1) is 0 Å². The third-order valence-corrected chi connectivity index (χ3v) is 4.05. The lowest BCUT2D eigenvalue weighted by molar-refractivity contribution is 0.0600. The van der Waals surface area contributed by atoms with E-state index >= 15 is 0 Å². The largest absolute Gasteiger partial charge is 0.465 e. The molecule has 130 valence electrons. The second-order valence-electron chi connectivity index (χ2n) is 5.78. The summed E-state index contributed by atoms with van der Waals surface area (Å²) in [6.45, 7) is 0.461. The van der Waals surface area contributed by atoms with Gasteiger partial charge in [0, 0.05) is 11.3 Å². The van der Waals surface area contributed by atoms with Crippen molar-refractivity contribution in [3.05, 3.63) is 102 Å². The SMILES string of the molecule is COC(=O)c1ccc(C(=O)N(Cc2ccccc2)c2ccccc2)cc1. The lowest BCUT2D eigenvalue weighted by Crippen LogP contribution is -2.30. The molecular formula is C22H19NO3. The summed E-state index contributed by atoms with van der Waals surface area (Å²) < 4.78 is 4.70. The predicted octanol–water partition coefficient (Wildman–Crippen LogP) is 4.32. The zero-order valence-corrected chi connectivity index (χ0v) is 14.5. The average molecular weight is 345 g/mol. The van der Waals surface area contributed by atoms with Gasteiger partial charge in [0.05, 0.1) is 19.2 Å². The molecule has 3 rings (SSSR count). The van der Waals surface area contributed by atoms with Crippen molar-refractivity contribution in [3.63, 3.8) is 0 Å². The number of rotatable bonds is 5. The van der Waals surface area contributed by atoms with Crippen LogP contribution in [0.5, 0.6) is 0 Å². The Kier molecular flexibility index (Phi) is 5.44. The van der Waals surface area contributed by atoms with Gasteiger partial charge in [-0.2, -0.15) is 0 Å². The molecule has 4 heteroatoms. The number of anilines is 1. The Labute approximate surface area is 152 Å². The second-order valence-corrected chi connectivity index (χ2v) is 5.78. The number of carbonyl (C=O) groups is 2. The first kappa shape index (κ1) is 17.4. The van der Waals surface area contributed by atoms with Crippen LogP contribution in [0.2, 0.25) is 0 Å². The molecule has 0 unspecified atom stereocenters. The smallest absolute Gasteiger partial charge is 0.337 e. The number of carbonyl (C=O) groups excluding carboxylic acids is 2. The van der Waals surface area contributed by atoms with Crippen LogP contribution in [-0.4, -0.2) is 19.0 Å². The first-order chi connectivity index (χ1) is 12.7. The van der Waals surface area contributed by atoms with E-state index in [1.165, 1.54) is 7.11 Å². The minimum absolute atomic E-state index is 0.128. The standard InChI is InChI=1S/C22H19NO3/c1-26-22(25)19-14-12-18(13-15-19)21(24)23(20-10-6-3-7-11-20)16-17-8-4-2-5-9-17/h2-15H,16H2,1H3. The Balaban J connectivity index is 1.91. The first-order valence-corrected chi connectivity index (χ1v) is 8.28. The van der Waals surface area contributed by atoms with Crippen molar-refractivity contribution in [1.29, 1.82) is 0 Å². The number of amides is 1. The number of nitrogens with zero attached hydrogens (tertiary/aromatic N) is 1. The van der Waals surface area contributed by atoms with Gasteiger partial charge in [0.25, 0.3) is 5.91 Å². The van der Waals surface area contributed by atoms with Gasteiger partial charge >= 0.3 is 5.97 Å². The Morgan fingerprint density at radius 2 is 1.31 bits per heavy atom. The molecule has 0 radical (unpaired) electrons. The predicted molar refractivity (Wildman–Crippen MR) is 101 cm³/mol. The van der Waals surface area contributed by atoms with Crippen LogP contribution in [0, 0.1) is 0 Å². The summed E-state index contributed by atoms with van der Waals surface area (Å²) in [5.41, 5.74) is 2.78. The van der Waals surface area contributed by atoms with Gasteiger partial charge in [-0.1, -0.05) is 48.5 Å². The maximum atomic E-state index is 13.1. The monoisotopic (exact) mass is 345 g/mol. The molecule has 0 saturated carbocycles. The third-order valence-electron chi connectivity index (χ3n) is 4.05. The fourth-order valence-corrected chi connectivity index (χ4v) is 2.68. The molecule has 0 atom stereocenters. The van der Waals surface area contributed by atoms with E-state index in [9.17, 15) is 9.59 Å². The van der Waals surface area contributed by atoms with Crippen LogP contribution in [-0.2, 0) is 11.3 Å². The lowest BCUT2D eigenvalue weighted by atomic mass is 10.1. The maximum absolute atomic E-state index is 13.1. The Morgan fingerprint density at radius 1 is 0.769 bits per heavy atom. The van der Waals surface area contributed by atoms with Crippen LogP contribution >= 0.6 is 0 Å². The Hall–Kier alpha value is -3.40. The summed E-state index contributed by atoms with van der Waals surface area (Å²) in [5.74, 6) is -0.551. The number of esters is 1. The number of para-hydroxylation sites is 1. The summed E-state index contributed by atoms with van der Waals surface area (Å²) in [6.07, 6.45) is 0. The Morgan fingerprint density at radius 3 is 1.88 bits per heavy atom. The zero-order valence-electron chi connectivity index (χ0n) is 14.5. The number of benzene rings is 3. The topological polar surface area (TPSA) is 46.6 Å². The van der Waals surface area contributed by atoms with Crippen molar-refractivity contribution >= 4 is 17.6 Å². The van der Waals surface area contributed by atoms with E-state index in [-0.39, 0.29) is 5.91 Å². The fraction of sp³-hybridized carbons (Fsp3) is 0.0909. The van der Waals surface area contributed by atoms with E-state index in [2.05, 4.69) is 0 Å². The number of ether oxygens (including phenoxy) is 1. The van der Waals surface area contributed by atoms with E-state index in [0.29, 0.717) is 17.7 Å². The van der Waals surface area contributed by atoms with Gasteiger partial charge in [0.15, 0.2) is 0 Å². The van der Waals surface area contributed by atoms with Gasteiger partial charge in [0.2, 0.25) is 0 Å². The molecule has 0 N–H and O–H groups in total. The van der Waals surface area contributed by atoms with Gasteiger partial charge in [0.1, 0.15) is 0 Å². The van der Waals surface area contributed by atoms with Crippen molar-refractivity contribution in [2.45, 2.75) is 6.54 Å². The molecule has 0 aliphatic carbocycles. The van der Waals surface area contributed by atoms with Crippen LogP contribution in [0.25, 0.3) is 0 Å². The Bertz CT molecular complexity index is 874. The molecule has 0 spiro atoms. The van der Waals surface area contributed by atoms with E-state index in [1.54, 1.807) is 29.2 Å². The highest BCUT2D eigenvalue weighted by Gasteiger charge is 2.18. The number of methoxy groups -OCH3 is 1. The highest BCUT2D eigenvalue weighted by atomic mass is 16.5. The molecule has 0 heterocycles. The van der Waals surface area contributed by atoms with E-state index < -0.39 is 5.97 Å². The summed E-state index contributed by atoms with van der Waals surface area (Å²) in [7, 11) is 1.33. The van der Waals surface area contributed by atoms with Crippen LogP contribution < -0.4 is 4.90 Å². The molecule has 1 amide bonds. The molecule has 0 fully saturated rings. The van der Waals surface area contributed by atoms with Crippen molar-refractivity contribution < 1.29 is 14.3 Å². The highest BCUT2D eigenvalue weighted by Crippen LogP contribution is 2.20. The zero-order chi connectivity index (χ0) is 18.4. The molecular weight excluding hydrogens is 326 g/mol. The van der Waals surface area contributed by atoms with Crippen molar-refractivity contribution in [2.75, 3.05) is 12.0 Å². The molecule has 0 saturated heterocycles. The van der Waals surface area contributed by atoms with Crippen LogP contribution in [0.4, 0.5) is 5.69 Å². The van der Waals surface area contributed by atoms with E-state index in [4.69, 9.17) is 4.74 Å².